The van der Waals surface area contributed by atoms with Crippen molar-refractivity contribution in [3.05, 3.63) is 89.7 Å². The molecule has 4 nitrogen and oxygen atoms in total. The maximum atomic E-state index is 13.8. The van der Waals surface area contributed by atoms with E-state index in [-0.39, 0.29) is 11.3 Å². The molecule has 2 aromatic carbocycles. The molecule has 0 fully saturated rings. The summed E-state index contributed by atoms with van der Waals surface area (Å²) in [5, 5.41) is 0. The van der Waals surface area contributed by atoms with Crippen molar-refractivity contribution in [1.29, 1.82) is 0 Å². The molecule has 0 aliphatic heterocycles. The molecule has 0 radical (unpaired) electrons. The molecule has 0 bridgehead atoms. The number of aryl methyl sites for hydroxylation is 1. The van der Waals surface area contributed by atoms with Crippen LogP contribution in [0.25, 0.3) is 0 Å². The Hall–Kier alpha value is -3.14. The lowest BCUT2D eigenvalue weighted by Crippen LogP contribution is -2.34. The number of hydrogen-bond donors (Lipinski definition) is 0. The van der Waals surface area contributed by atoms with Gasteiger partial charge in [-0.15, -0.1) is 0 Å². The van der Waals surface area contributed by atoms with E-state index in [0.717, 1.165) is 36.6 Å². The number of carbonyl (C=O) groups excluding carboxylic acids is 1. The van der Waals surface area contributed by atoms with Crippen LogP contribution in [0.3, 0.4) is 0 Å². The summed E-state index contributed by atoms with van der Waals surface area (Å²) in [5.74, 6) is 0.964. The van der Waals surface area contributed by atoms with Crippen LogP contribution in [0.1, 0.15) is 146 Å². The molecule has 1 amide bonds. The summed E-state index contributed by atoms with van der Waals surface area (Å²) >= 11 is 0. The van der Waals surface area contributed by atoms with E-state index in [1.165, 1.54) is 89.0 Å². The lowest BCUT2D eigenvalue weighted by molar-refractivity contribution is -0.693. The minimum atomic E-state index is -0.0738. The predicted molar refractivity (Wildman–Crippen MR) is 190 cm³/mol. The Labute approximate surface area is 275 Å². The molecule has 0 aliphatic rings. The van der Waals surface area contributed by atoms with Crippen LogP contribution in [0.4, 0.5) is 5.69 Å². The summed E-state index contributed by atoms with van der Waals surface area (Å²) in [7, 11) is 0. The first kappa shape index (κ1) is 36.3. The van der Waals surface area contributed by atoms with Gasteiger partial charge in [0.15, 0.2) is 12.4 Å². The molecule has 246 valence electrons. The van der Waals surface area contributed by atoms with Crippen LogP contribution in [0.15, 0.2) is 73.1 Å². The Morgan fingerprint density at radius 2 is 1.27 bits per heavy atom. The molecule has 3 aromatic rings. The third-order valence-corrected chi connectivity index (χ3v) is 8.76. The minimum Gasteiger partial charge on any atom is -0.493 e. The van der Waals surface area contributed by atoms with Gasteiger partial charge in [0, 0.05) is 17.8 Å². The van der Waals surface area contributed by atoms with E-state index in [2.05, 4.69) is 57.4 Å². The van der Waals surface area contributed by atoms with Crippen LogP contribution < -0.4 is 14.2 Å². The molecular weight excluding hydrogens is 552 g/mol. The molecular formula is C41H61N2O2+. The van der Waals surface area contributed by atoms with Gasteiger partial charge in [-0.1, -0.05) is 135 Å². The largest absolute Gasteiger partial charge is 0.493 e. The highest BCUT2D eigenvalue weighted by molar-refractivity contribution is 6.05. The number of nitrogens with zero attached hydrogens (tertiary/aromatic N) is 2. The molecule has 1 aromatic heterocycles. The Morgan fingerprint density at radius 3 is 1.80 bits per heavy atom. The summed E-state index contributed by atoms with van der Waals surface area (Å²) in [4.78, 5) is 15.6. The summed E-state index contributed by atoms with van der Waals surface area (Å²) < 4.78 is 8.44. The fraction of sp³-hybridized carbons (Fsp3) is 0.561. The first-order valence-corrected chi connectivity index (χ1v) is 18.0. The second kappa shape index (κ2) is 20.1. The van der Waals surface area contributed by atoms with Gasteiger partial charge in [-0.3, -0.25) is 4.79 Å². The molecule has 0 spiro atoms. The van der Waals surface area contributed by atoms with Gasteiger partial charge in [-0.2, -0.15) is 0 Å². The first-order chi connectivity index (χ1) is 21.8. The van der Waals surface area contributed by atoms with Crippen molar-refractivity contribution >= 4 is 11.6 Å². The third-order valence-electron chi connectivity index (χ3n) is 8.76. The van der Waals surface area contributed by atoms with Gasteiger partial charge in [0.25, 0.3) is 5.91 Å². The van der Waals surface area contributed by atoms with Crippen LogP contribution in [0, 0.1) is 0 Å². The van der Waals surface area contributed by atoms with Gasteiger partial charge in [0.1, 0.15) is 12.3 Å². The first-order valence-electron chi connectivity index (χ1n) is 18.0. The van der Waals surface area contributed by atoms with E-state index < -0.39 is 0 Å². The molecule has 1 heterocycles. The normalized spacial score (nSPS) is 11.5. The van der Waals surface area contributed by atoms with E-state index in [1.807, 2.05) is 59.8 Å². The van der Waals surface area contributed by atoms with E-state index in [1.54, 1.807) is 0 Å². The third kappa shape index (κ3) is 13.0. The number of unbranched alkanes of at least 4 members (excludes halogenated alkanes) is 13. The van der Waals surface area contributed by atoms with Gasteiger partial charge in [-0.05, 0) is 54.2 Å². The van der Waals surface area contributed by atoms with Crippen molar-refractivity contribution in [3.63, 3.8) is 0 Å². The molecule has 0 unspecified atom stereocenters. The number of anilines is 1. The highest BCUT2D eigenvalue weighted by atomic mass is 16.5. The van der Waals surface area contributed by atoms with Crippen LogP contribution >= 0.6 is 0 Å². The van der Waals surface area contributed by atoms with E-state index in [4.69, 9.17) is 4.74 Å². The van der Waals surface area contributed by atoms with Crippen LogP contribution in [0.5, 0.6) is 5.75 Å². The fourth-order valence-corrected chi connectivity index (χ4v) is 5.90. The number of benzene rings is 2. The summed E-state index contributed by atoms with van der Waals surface area (Å²) in [5.41, 5.74) is 3.79. The van der Waals surface area contributed by atoms with Crippen LogP contribution in [-0.4, -0.2) is 12.5 Å². The van der Waals surface area contributed by atoms with Crippen molar-refractivity contribution in [2.75, 3.05) is 11.5 Å². The smallest absolute Gasteiger partial charge is 0.259 e. The van der Waals surface area contributed by atoms with Crippen molar-refractivity contribution < 1.29 is 14.1 Å². The van der Waals surface area contributed by atoms with Crippen molar-refractivity contribution in [2.45, 2.75) is 143 Å². The molecule has 45 heavy (non-hydrogen) atoms. The molecule has 0 saturated heterocycles. The van der Waals surface area contributed by atoms with Crippen LogP contribution in [-0.2, 0) is 18.5 Å². The lowest BCUT2D eigenvalue weighted by atomic mass is 9.85. The Bertz CT molecular complexity index is 1230. The SMILES string of the molecule is CCCCCCCCCCCCCCCCOc1ccc(CN(C(=O)c2cc[n+](CC)cc2)c2ccccc2)cc1C(C)(C)C. The lowest BCUT2D eigenvalue weighted by Gasteiger charge is -2.26. The minimum absolute atomic E-state index is 0.0000991. The van der Waals surface area contributed by atoms with E-state index >= 15 is 0 Å². The number of para-hydroxylation sites is 1. The van der Waals surface area contributed by atoms with E-state index in [0.29, 0.717) is 12.1 Å². The number of amides is 1. The standard InChI is InChI=1S/C41H61N2O2/c1-6-8-9-10-11-12-13-14-15-16-17-18-19-23-32-45-39-27-26-35(33-38(39)41(3,4)5)34-43(37-24-21-20-22-25-37)40(44)36-28-30-42(7-2)31-29-36/h20-22,24-31,33H,6-19,23,32,34H2,1-5H3/q+1. The Morgan fingerprint density at radius 1 is 0.711 bits per heavy atom. The number of rotatable bonds is 21. The van der Waals surface area contributed by atoms with Gasteiger partial charge in [0.05, 0.1) is 18.7 Å². The van der Waals surface area contributed by atoms with Crippen molar-refractivity contribution in [3.8, 4) is 5.75 Å². The predicted octanol–water partition coefficient (Wildman–Crippen LogP) is 11.0. The Kier molecular flexibility index (Phi) is 16.2. The zero-order chi connectivity index (χ0) is 32.3. The summed E-state index contributed by atoms with van der Waals surface area (Å²) in [6.07, 6.45) is 22.9. The average Bonchev–Trinajstić information content (AvgIpc) is 3.05. The summed E-state index contributed by atoms with van der Waals surface area (Å²) in [6, 6.07) is 20.3. The van der Waals surface area contributed by atoms with Crippen molar-refractivity contribution in [2.24, 2.45) is 0 Å². The zero-order valence-corrected chi connectivity index (χ0v) is 29.2. The molecule has 0 N–H and O–H groups in total. The van der Waals surface area contributed by atoms with Gasteiger partial charge in [-0.25, -0.2) is 4.57 Å². The number of hydrogen-bond acceptors (Lipinski definition) is 2. The molecule has 3 rings (SSSR count). The van der Waals surface area contributed by atoms with Gasteiger partial charge >= 0.3 is 0 Å². The Balaban J connectivity index is 1.50. The van der Waals surface area contributed by atoms with Crippen molar-refractivity contribution in [1.82, 2.24) is 0 Å². The summed E-state index contributed by atoms with van der Waals surface area (Å²) in [6.45, 7) is 13.2. The highest BCUT2D eigenvalue weighted by Crippen LogP contribution is 2.33. The molecule has 4 heteroatoms. The zero-order valence-electron chi connectivity index (χ0n) is 29.2. The fourth-order valence-electron chi connectivity index (χ4n) is 5.90. The van der Waals surface area contributed by atoms with Crippen LogP contribution in [0.2, 0.25) is 0 Å². The molecule has 0 saturated carbocycles. The van der Waals surface area contributed by atoms with Gasteiger partial charge in [0.2, 0.25) is 0 Å². The maximum Gasteiger partial charge on any atom is 0.259 e. The second-order valence-corrected chi connectivity index (χ2v) is 13.7. The monoisotopic (exact) mass is 613 g/mol. The number of carbonyl (C=O) groups is 1. The molecule has 0 atom stereocenters. The number of pyridine rings is 1. The van der Waals surface area contributed by atoms with E-state index in [9.17, 15) is 4.79 Å². The topological polar surface area (TPSA) is 33.4 Å². The average molecular weight is 614 g/mol. The number of aromatic nitrogens is 1. The second-order valence-electron chi connectivity index (χ2n) is 13.7. The molecule has 0 aliphatic carbocycles. The maximum absolute atomic E-state index is 13.8. The van der Waals surface area contributed by atoms with Gasteiger partial charge < -0.3 is 9.64 Å². The quantitative estimate of drug-likeness (QED) is 0.0884. The number of ether oxygens (including phenoxy) is 1. The highest BCUT2D eigenvalue weighted by Gasteiger charge is 2.23.